The molecule has 0 saturated heterocycles. The summed E-state index contributed by atoms with van der Waals surface area (Å²) in [6.45, 7) is 0.245. The molecule has 1 aliphatic rings. The van der Waals surface area contributed by atoms with Crippen LogP contribution in [0.3, 0.4) is 0 Å². The van der Waals surface area contributed by atoms with Gasteiger partial charge in [-0.25, -0.2) is 0 Å². The molecule has 0 spiro atoms. The van der Waals surface area contributed by atoms with Crippen molar-refractivity contribution in [1.82, 2.24) is 0 Å². The van der Waals surface area contributed by atoms with Crippen molar-refractivity contribution in [3.63, 3.8) is 0 Å². The van der Waals surface area contributed by atoms with Crippen LogP contribution in [-0.4, -0.2) is 17.1 Å². The van der Waals surface area contributed by atoms with Crippen LogP contribution < -0.4 is 0 Å². The Balaban J connectivity index is 1.98. The summed E-state index contributed by atoms with van der Waals surface area (Å²) in [6, 6.07) is 8.29. The van der Waals surface area contributed by atoms with Gasteiger partial charge < -0.3 is 5.11 Å². The quantitative estimate of drug-likeness (QED) is 0.654. The van der Waals surface area contributed by atoms with E-state index in [4.69, 9.17) is 16.7 Å². The largest absolute Gasteiger partial charge is 0.396 e. The lowest BCUT2D eigenvalue weighted by atomic mass is 10.1. The standard InChI is InChI=1S/C16H19ClO/c17-16-9-8-15(12-16)7-6-14-4-1-3-13(11-14)5-2-10-18/h1,3-4,11,15-16,18H,2,5,8-10,12H2. The van der Waals surface area contributed by atoms with Crippen LogP contribution in [0, 0.1) is 17.8 Å². The van der Waals surface area contributed by atoms with E-state index in [2.05, 4.69) is 24.0 Å². The number of hydrogen-bond acceptors (Lipinski definition) is 1. The van der Waals surface area contributed by atoms with Gasteiger partial charge in [0, 0.05) is 23.5 Å². The van der Waals surface area contributed by atoms with E-state index in [1.165, 1.54) is 5.56 Å². The third-order valence-electron chi connectivity index (χ3n) is 3.34. The molecule has 2 heteroatoms. The summed E-state index contributed by atoms with van der Waals surface area (Å²) in [5.41, 5.74) is 2.32. The van der Waals surface area contributed by atoms with Crippen LogP contribution >= 0.6 is 11.6 Å². The van der Waals surface area contributed by atoms with Crippen molar-refractivity contribution in [2.45, 2.75) is 37.5 Å². The monoisotopic (exact) mass is 262 g/mol. The summed E-state index contributed by atoms with van der Waals surface area (Å²) < 4.78 is 0. The third kappa shape index (κ3) is 4.05. The molecule has 1 aromatic carbocycles. The van der Waals surface area contributed by atoms with Crippen LogP contribution in [0.2, 0.25) is 0 Å². The van der Waals surface area contributed by atoms with Crippen LogP contribution in [0.15, 0.2) is 24.3 Å². The molecule has 2 atom stereocenters. The molecule has 0 aliphatic heterocycles. The average molecular weight is 263 g/mol. The number of halogens is 1. The van der Waals surface area contributed by atoms with E-state index in [1.807, 2.05) is 12.1 Å². The highest BCUT2D eigenvalue weighted by molar-refractivity contribution is 6.20. The SMILES string of the molecule is OCCCc1cccc(C#CC2CCC(Cl)C2)c1. The average Bonchev–Trinajstić information content (AvgIpc) is 2.80. The minimum Gasteiger partial charge on any atom is -0.396 e. The topological polar surface area (TPSA) is 20.2 Å². The maximum atomic E-state index is 8.83. The molecule has 2 rings (SSSR count). The highest BCUT2D eigenvalue weighted by Crippen LogP contribution is 2.28. The van der Waals surface area contributed by atoms with Crippen molar-refractivity contribution in [2.24, 2.45) is 5.92 Å². The molecule has 1 saturated carbocycles. The second-order valence-corrected chi connectivity index (χ2v) is 5.52. The van der Waals surface area contributed by atoms with Crippen molar-refractivity contribution in [1.29, 1.82) is 0 Å². The summed E-state index contributed by atoms with van der Waals surface area (Å²) in [6.07, 6.45) is 4.98. The number of aliphatic hydroxyl groups is 1. The van der Waals surface area contributed by atoms with Crippen molar-refractivity contribution < 1.29 is 5.11 Å². The van der Waals surface area contributed by atoms with Crippen molar-refractivity contribution in [2.75, 3.05) is 6.61 Å². The van der Waals surface area contributed by atoms with Gasteiger partial charge in [0.2, 0.25) is 0 Å². The Morgan fingerprint density at radius 1 is 1.33 bits per heavy atom. The van der Waals surface area contributed by atoms with Crippen LogP contribution in [0.4, 0.5) is 0 Å². The molecule has 1 nitrogen and oxygen atoms in total. The summed E-state index contributed by atoms with van der Waals surface area (Å²) in [4.78, 5) is 0. The molecule has 0 bridgehead atoms. The molecule has 1 aliphatic carbocycles. The Labute approximate surface area is 114 Å². The molecule has 1 N–H and O–H groups in total. The predicted molar refractivity (Wildman–Crippen MR) is 75.7 cm³/mol. The lowest BCUT2D eigenvalue weighted by molar-refractivity contribution is 0.288. The second kappa shape index (κ2) is 6.83. The van der Waals surface area contributed by atoms with Crippen molar-refractivity contribution in [3.8, 4) is 11.8 Å². The van der Waals surface area contributed by atoms with E-state index < -0.39 is 0 Å². The summed E-state index contributed by atoms with van der Waals surface area (Å²) in [5.74, 6) is 7.05. The molecule has 0 heterocycles. The Bertz CT molecular complexity index is 444. The van der Waals surface area contributed by atoms with E-state index in [1.54, 1.807) is 0 Å². The smallest absolute Gasteiger partial charge is 0.0434 e. The Hall–Kier alpha value is -0.970. The minimum absolute atomic E-state index is 0.245. The first-order chi connectivity index (χ1) is 8.78. The summed E-state index contributed by atoms with van der Waals surface area (Å²) in [5, 5.41) is 9.15. The van der Waals surface area contributed by atoms with Gasteiger partial charge in [0.1, 0.15) is 0 Å². The first kappa shape index (κ1) is 13.5. The van der Waals surface area contributed by atoms with Crippen LogP contribution in [0.5, 0.6) is 0 Å². The number of hydrogen-bond donors (Lipinski definition) is 1. The Kier molecular flexibility index (Phi) is 5.11. The van der Waals surface area contributed by atoms with Gasteiger partial charge in [-0.1, -0.05) is 24.0 Å². The minimum atomic E-state index is 0.245. The summed E-state index contributed by atoms with van der Waals surface area (Å²) >= 11 is 6.08. The Morgan fingerprint density at radius 2 is 2.22 bits per heavy atom. The van der Waals surface area contributed by atoms with E-state index in [9.17, 15) is 0 Å². The maximum Gasteiger partial charge on any atom is 0.0434 e. The normalized spacial score (nSPS) is 22.6. The molecule has 18 heavy (non-hydrogen) atoms. The molecular weight excluding hydrogens is 244 g/mol. The molecule has 0 aromatic heterocycles. The first-order valence-corrected chi connectivity index (χ1v) is 7.07. The second-order valence-electron chi connectivity index (χ2n) is 4.90. The molecular formula is C16H19ClO. The van der Waals surface area contributed by atoms with Crippen LogP contribution in [0.25, 0.3) is 0 Å². The van der Waals surface area contributed by atoms with E-state index >= 15 is 0 Å². The van der Waals surface area contributed by atoms with E-state index in [0.717, 1.165) is 37.7 Å². The predicted octanol–water partition coefficient (Wildman–Crippen LogP) is 3.37. The van der Waals surface area contributed by atoms with Gasteiger partial charge in [0.05, 0.1) is 0 Å². The lowest BCUT2D eigenvalue weighted by Gasteiger charge is -2.00. The summed E-state index contributed by atoms with van der Waals surface area (Å²) in [7, 11) is 0. The molecule has 2 unspecified atom stereocenters. The van der Waals surface area contributed by atoms with Gasteiger partial charge in [-0.2, -0.15) is 0 Å². The number of benzene rings is 1. The molecule has 1 aromatic rings. The number of aryl methyl sites for hydroxylation is 1. The zero-order chi connectivity index (χ0) is 12.8. The number of rotatable bonds is 3. The third-order valence-corrected chi connectivity index (χ3v) is 3.74. The molecule has 0 amide bonds. The molecule has 96 valence electrons. The maximum absolute atomic E-state index is 8.83. The zero-order valence-corrected chi connectivity index (χ0v) is 11.3. The fraction of sp³-hybridized carbons (Fsp3) is 0.500. The number of alkyl halides is 1. The van der Waals surface area contributed by atoms with Gasteiger partial charge in [0.15, 0.2) is 0 Å². The van der Waals surface area contributed by atoms with Crippen molar-refractivity contribution >= 4 is 11.6 Å². The molecule has 1 fully saturated rings. The van der Waals surface area contributed by atoms with E-state index in [-0.39, 0.29) is 6.61 Å². The van der Waals surface area contributed by atoms with E-state index in [0.29, 0.717) is 11.3 Å². The Morgan fingerprint density at radius 3 is 2.94 bits per heavy atom. The van der Waals surface area contributed by atoms with Crippen molar-refractivity contribution in [3.05, 3.63) is 35.4 Å². The first-order valence-electron chi connectivity index (χ1n) is 6.63. The lowest BCUT2D eigenvalue weighted by Crippen LogP contribution is -1.92. The molecule has 0 radical (unpaired) electrons. The van der Waals surface area contributed by atoms with Gasteiger partial charge >= 0.3 is 0 Å². The van der Waals surface area contributed by atoms with Gasteiger partial charge in [-0.15, -0.1) is 11.6 Å². The zero-order valence-electron chi connectivity index (χ0n) is 10.5. The fourth-order valence-corrected chi connectivity index (χ4v) is 2.67. The van der Waals surface area contributed by atoms with Gasteiger partial charge in [-0.3, -0.25) is 0 Å². The number of aliphatic hydroxyl groups excluding tert-OH is 1. The van der Waals surface area contributed by atoms with Crippen LogP contribution in [-0.2, 0) is 6.42 Å². The van der Waals surface area contributed by atoms with Gasteiger partial charge in [-0.05, 0) is 49.8 Å². The highest BCUT2D eigenvalue weighted by atomic mass is 35.5. The fourth-order valence-electron chi connectivity index (χ4n) is 2.33. The van der Waals surface area contributed by atoms with Gasteiger partial charge in [0.25, 0.3) is 0 Å². The highest BCUT2D eigenvalue weighted by Gasteiger charge is 2.20. The van der Waals surface area contributed by atoms with Crippen LogP contribution in [0.1, 0.15) is 36.8 Å².